The number of fused-ring (bicyclic) bond motifs is 1. The molecular weight excluding hydrogens is 372 g/mol. The van der Waals surface area contributed by atoms with Crippen molar-refractivity contribution in [2.75, 3.05) is 12.4 Å². The Morgan fingerprint density at radius 3 is 2.71 bits per heavy atom. The van der Waals surface area contributed by atoms with E-state index in [1.165, 1.54) is 13.4 Å². The Hall–Kier alpha value is -2.67. The number of rotatable bonds is 4. The van der Waals surface area contributed by atoms with Crippen LogP contribution in [0.3, 0.4) is 0 Å². The number of carbonyl (C=O) groups excluding carboxylic acids is 1. The van der Waals surface area contributed by atoms with Crippen LogP contribution in [0.2, 0.25) is 0 Å². The molecule has 3 aromatic rings. The van der Waals surface area contributed by atoms with E-state index in [1.807, 2.05) is 42.5 Å². The Labute approximate surface area is 147 Å². The van der Waals surface area contributed by atoms with Crippen molar-refractivity contribution in [2.45, 2.75) is 6.54 Å². The highest BCUT2D eigenvalue weighted by Gasteiger charge is 2.05. The summed E-state index contributed by atoms with van der Waals surface area (Å²) in [6.07, 6.45) is 1.09. The summed E-state index contributed by atoms with van der Waals surface area (Å²) in [7, 11) is 1.34. The van der Waals surface area contributed by atoms with Gasteiger partial charge in [-0.05, 0) is 35.9 Å². The molecule has 6 nitrogen and oxygen atoms in total. The summed E-state index contributed by atoms with van der Waals surface area (Å²) in [4.78, 5) is 19.7. The van der Waals surface area contributed by atoms with Gasteiger partial charge in [-0.2, -0.15) is 0 Å². The lowest BCUT2D eigenvalue weighted by molar-refractivity contribution is 0.170. The SMILES string of the molecule is COC(=O)NCc1ccc(Nc2ncnc3ccc(Br)cc23)cc1. The minimum absolute atomic E-state index is 0.413. The lowest BCUT2D eigenvalue weighted by Crippen LogP contribution is -2.22. The van der Waals surface area contributed by atoms with Gasteiger partial charge in [0.15, 0.2) is 0 Å². The van der Waals surface area contributed by atoms with Crippen molar-refractivity contribution in [3.05, 3.63) is 58.8 Å². The molecule has 0 atom stereocenters. The number of carbonyl (C=O) groups is 1. The van der Waals surface area contributed by atoms with Gasteiger partial charge in [-0.15, -0.1) is 0 Å². The smallest absolute Gasteiger partial charge is 0.407 e. The Bertz CT molecular complexity index is 868. The van der Waals surface area contributed by atoms with Crippen LogP contribution in [-0.4, -0.2) is 23.2 Å². The number of hydrogen-bond donors (Lipinski definition) is 2. The number of nitrogens with zero attached hydrogens (tertiary/aromatic N) is 2. The van der Waals surface area contributed by atoms with Crippen molar-refractivity contribution in [2.24, 2.45) is 0 Å². The van der Waals surface area contributed by atoms with E-state index in [2.05, 4.69) is 41.3 Å². The summed E-state index contributed by atoms with van der Waals surface area (Å²) < 4.78 is 5.51. The number of benzene rings is 2. The summed E-state index contributed by atoms with van der Waals surface area (Å²) in [5.74, 6) is 0.738. The highest BCUT2D eigenvalue weighted by molar-refractivity contribution is 9.10. The first-order valence-electron chi connectivity index (χ1n) is 7.24. The molecule has 0 saturated carbocycles. The fourth-order valence-electron chi connectivity index (χ4n) is 2.22. The second kappa shape index (κ2) is 7.27. The van der Waals surface area contributed by atoms with Crippen molar-refractivity contribution >= 4 is 44.4 Å². The molecule has 0 radical (unpaired) electrons. The molecule has 0 aliphatic heterocycles. The first-order chi connectivity index (χ1) is 11.7. The van der Waals surface area contributed by atoms with Gasteiger partial charge in [-0.1, -0.05) is 28.1 Å². The van der Waals surface area contributed by atoms with Crippen LogP contribution in [0.5, 0.6) is 0 Å². The predicted octanol–water partition coefficient (Wildman–Crippen LogP) is 3.99. The highest BCUT2D eigenvalue weighted by atomic mass is 79.9. The van der Waals surface area contributed by atoms with E-state index in [4.69, 9.17) is 0 Å². The average Bonchev–Trinajstić information content (AvgIpc) is 2.61. The van der Waals surface area contributed by atoms with Crippen LogP contribution in [0.1, 0.15) is 5.56 Å². The molecule has 0 aliphatic rings. The molecule has 0 fully saturated rings. The number of aromatic nitrogens is 2. The molecule has 122 valence electrons. The fraction of sp³-hybridized carbons (Fsp3) is 0.118. The van der Waals surface area contributed by atoms with Gasteiger partial charge in [0.1, 0.15) is 12.1 Å². The zero-order chi connectivity index (χ0) is 16.9. The monoisotopic (exact) mass is 386 g/mol. The Morgan fingerprint density at radius 2 is 1.96 bits per heavy atom. The van der Waals surface area contributed by atoms with Gasteiger partial charge in [0.05, 0.1) is 12.6 Å². The van der Waals surface area contributed by atoms with Crippen LogP contribution in [0.15, 0.2) is 53.3 Å². The summed E-state index contributed by atoms with van der Waals surface area (Å²) in [5.41, 5.74) is 2.74. The molecule has 1 amide bonds. The molecule has 0 saturated heterocycles. The molecule has 0 unspecified atom stereocenters. The minimum Gasteiger partial charge on any atom is -0.453 e. The minimum atomic E-state index is -0.449. The average molecular weight is 387 g/mol. The molecule has 24 heavy (non-hydrogen) atoms. The van der Waals surface area contributed by atoms with Gasteiger partial charge < -0.3 is 15.4 Å². The zero-order valence-electron chi connectivity index (χ0n) is 12.9. The van der Waals surface area contributed by atoms with Gasteiger partial charge in [0.2, 0.25) is 0 Å². The Balaban J connectivity index is 1.77. The normalized spacial score (nSPS) is 10.4. The van der Waals surface area contributed by atoms with Crippen molar-refractivity contribution in [1.82, 2.24) is 15.3 Å². The molecule has 0 aliphatic carbocycles. The number of amides is 1. The van der Waals surface area contributed by atoms with Crippen molar-refractivity contribution < 1.29 is 9.53 Å². The summed E-state index contributed by atoms with van der Waals surface area (Å²) in [6, 6.07) is 13.6. The maximum Gasteiger partial charge on any atom is 0.407 e. The molecule has 7 heteroatoms. The molecule has 1 aromatic heterocycles. The summed E-state index contributed by atoms with van der Waals surface area (Å²) >= 11 is 3.47. The van der Waals surface area contributed by atoms with Crippen molar-refractivity contribution in [3.63, 3.8) is 0 Å². The third-order valence-corrected chi connectivity index (χ3v) is 3.93. The van der Waals surface area contributed by atoms with Crippen LogP contribution >= 0.6 is 15.9 Å². The lowest BCUT2D eigenvalue weighted by Gasteiger charge is -2.10. The third-order valence-electron chi connectivity index (χ3n) is 3.44. The maximum atomic E-state index is 11.1. The molecular formula is C17H15BrN4O2. The number of ether oxygens (including phenoxy) is 1. The van der Waals surface area contributed by atoms with Crippen LogP contribution in [0.25, 0.3) is 10.9 Å². The van der Waals surface area contributed by atoms with Crippen LogP contribution in [0.4, 0.5) is 16.3 Å². The first kappa shape index (κ1) is 16.2. The lowest BCUT2D eigenvalue weighted by atomic mass is 10.2. The summed E-state index contributed by atoms with van der Waals surface area (Å²) in [5, 5.41) is 6.87. The van der Waals surface area contributed by atoms with E-state index in [9.17, 15) is 4.79 Å². The van der Waals surface area contributed by atoms with E-state index < -0.39 is 6.09 Å². The molecule has 0 spiro atoms. The molecule has 1 heterocycles. The van der Waals surface area contributed by atoms with Gasteiger partial charge in [0, 0.05) is 22.1 Å². The number of anilines is 2. The van der Waals surface area contributed by atoms with E-state index >= 15 is 0 Å². The summed E-state index contributed by atoms with van der Waals surface area (Å²) in [6.45, 7) is 0.413. The van der Waals surface area contributed by atoms with Crippen molar-refractivity contribution in [1.29, 1.82) is 0 Å². The zero-order valence-corrected chi connectivity index (χ0v) is 14.5. The predicted molar refractivity (Wildman–Crippen MR) is 96.2 cm³/mol. The van der Waals surface area contributed by atoms with E-state index in [0.717, 1.165) is 32.4 Å². The van der Waals surface area contributed by atoms with Gasteiger partial charge in [0.25, 0.3) is 0 Å². The van der Waals surface area contributed by atoms with E-state index in [1.54, 1.807) is 0 Å². The van der Waals surface area contributed by atoms with Crippen LogP contribution < -0.4 is 10.6 Å². The van der Waals surface area contributed by atoms with Crippen LogP contribution in [0, 0.1) is 0 Å². The maximum absolute atomic E-state index is 11.1. The molecule has 3 rings (SSSR count). The molecule has 0 bridgehead atoms. The quantitative estimate of drug-likeness (QED) is 0.708. The number of halogens is 1. The van der Waals surface area contributed by atoms with Gasteiger partial charge >= 0.3 is 6.09 Å². The topological polar surface area (TPSA) is 76.1 Å². The molecule has 2 N–H and O–H groups in total. The fourth-order valence-corrected chi connectivity index (χ4v) is 2.58. The largest absolute Gasteiger partial charge is 0.453 e. The number of hydrogen-bond acceptors (Lipinski definition) is 5. The standard InChI is InChI=1S/C17H15BrN4O2/c1-24-17(23)19-9-11-2-5-13(6-3-11)22-16-14-8-12(18)4-7-15(14)20-10-21-16/h2-8,10H,9H2,1H3,(H,19,23)(H,20,21,22). The third kappa shape index (κ3) is 3.80. The second-order valence-electron chi connectivity index (χ2n) is 5.05. The Kier molecular flexibility index (Phi) is 4.90. The Morgan fingerprint density at radius 1 is 1.17 bits per heavy atom. The van der Waals surface area contributed by atoms with E-state index in [-0.39, 0.29) is 0 Å². The molecule has 2 aromatic carbocycles. The first-order valence-corrected chi connectivity index (χ1v) is 8.03. The number of methoxy groups -OCH3 is 1. The van der Waals surface area contributed by atoms with Crippen molar-refractivity contribution in [3.8, 4) is 0 Å². The number of alkyl carbamates (subject to hydrolysis) is 1. The van der Waals surface area contributed by atoms with Gasteiger partial charge in [-0.25, -0.2) is 14.8 Å². The second-order valence-corrected chi connectivity index (χ2v) is 5.97. The van der Waals surface area contributed by atoms with E-state index in [0.29, 0.717) is 6.54 Å². The number of nitrogens with one attached hydrogen (secondary N) is 2. The van der Waals surface area contributed by atoms with Crippen LogP contribution in [-0.2, 0) is 11.3 Å². The van der Waals surface area contributed by atoms with Gasteiger partial charge in [-0.3, -0.25) is 0 Å². The highest BCUT2D eigenvalue weighted by Crippen LogP contribution is 2.25.